The number of amides is 2. The number of aromatic nitrogens is 4. The monoisotopic (exact) mass is 704 g/mol. The molecule has 1 aliphatic carbocycles. The highest BCUT2D eigenvalue weighted by molar-refractivity contribution is 5.96. The van der Waals surface area contributed by atoms with Crippen molar-refractivity contribution in [3.8, 4) is 22.8 Å². The molecule has 0 bridgehead atoms. The quantitative estimate of drug-likeness (QED) is 0.157. The van der Waals surface area contributed by atoms with Crippen LogP contribution in [-0.2, 0) is 6.42 Å². The van der Waals surface area contributed by atoms with Gasteiger partial charge in [0, 0.05) is 55.7 Å². The summed E-state index contributed by atoms with van der Waals surface area (Å²) in [4.78, 5) is 37.1. The Morgan fingerprint density at radius 1 is 0.885 bits per heavy atom. The molecule has 2 amide bonds. The van der Waals surface area contributed by atoms with E-state index in [0.29, 0.717) is 54.9 Å². The normalized spacial score (nSPS) is 20.8. The van der Waals surface area contributed by atoms with E-state index in [9.17, 15) is 14.0 Å². The Hall–Kier alpha value is -5.20. The molecule has 2 aromatic carbocycles. The number of pyridine rings is 1. The van der Waals surface area contributed by atoms with Gasteiger partial charge in [0.1, 0.15) is 17.1 Å². The number of aryl methyl sites for hydroxylation is 1. The number of nitrogens with zero attached hydrogens (tertiary/aromatic N) is 5. The molecule has 2 aliphatic rings. The van der Waals surface area contributed by atoms with Crippen LogP contribution in [0.1, 0.15) is 72.4 Å². The Kier molecular flexibility index (Phi) is 10.8. The lowest BCUT2D eigenvalue weighted by Crippen LogP contribution is -2.54. The van der Waals surface area contributed by atoms with Gasteiger partial charge in [0.05, 0.1) is 6.20 Å². The van der Waals surface area contributed by atoms with Gasteiger partial charge in [0.15, 0.2) is 11.3 Å². The fourth-order valence-electron chi connectivity index (χ4n) is 7.36. The molecule has 3 aromatic heterocycles. The number of nitrogens with one attached hydrogen (secondary N) is 3. The van der Waals surface area contributed by atoms with Gasteiger partial charge in [0.2, 0.25) is 5.88 Å². The fraction of sp³-hybridized carbons (Fsp3) is 0.375. The van der Waals surface area contributed by atoms with Gasteiger partial charge in [-0.3, -0.25) is 9.59 Å². The number of carbonyl (C=O) groups is 2. The van der Waals surface area contributed by atoms with Gasteiger partial charge in [-0.05, 0) is 99.9 Å². The lowest BCUT2D eigenvalue weighted by molar-refractivity contribution is 0.0887. The number of benzene rings is 2. The molecular formula is C40H45FN8O3. The number of hydrogen-bond acceptors (Lipinski definition) is 8. The molecule has 11 nitrogen and oxygen atoms in total. The van der Waals surface area contributed by atoms with Crippen LogP contribution < -0.4 is 20.7 Å². The molecule has 2 unspecified atom stereocenters. The molecule has 4 heterocycles. The Balaban J connectivity index is 0.922. The Bertz CT molecular complexity index is 1970. The maximum absolute atomic E-state index is 14.4. The number of rotatable bonds is 11. The van der Waals surface area contributed by atoms with Crippen LogP contribution in [0.25, 0.3) is 16.8 Å². The second-order valence-electron chi connectivity index (χ2n) is 14.1. The van der Waals surface area contributed by atoms with Crippen LogP contribution in [0, 0.1) is 5.82 Å². The van der Waals surface area contributed by atoms with E-state index >= 15 is 0 Å². The lowest BCUT2D eigenvalue weighted by atomic mass is 9.91. The van der Waals surface area contributed by atoms with Crippen LogP contribution in [0.4, 0.5) is 4.39 Å². The zero-order valence-corrected chi connectivity index (χ0v) is 29.6. The Labute approximate surface area is 303 Å². The van der Waals surface area contributed by atoms with Crippen molar-refractivity contribution < 1.29 is 18.7 Å². The predicted molar refractivity (Wildman–Crippen MR) is 197 cm³/mol. The maximum atomic E-state index is 14.4. The van der Waals surface area contributed by atoms with Gasteiger partial charge in [0.25, 0.3) is 11.8 Å². The molecule has 1 aliphatic heterocycles. The molecule has 270 valence electrons. The fourth-order valence-corrected chi connectivity index (χ4v) is 7.36. The van der Waals surface area contributed by atoms with E-state index < -0.39 is 11.7 Å². The van der Waals surface area contributed by atoms with E-state index in [1.165, 1.54) is 5.56 Å². The smallest absolute Gasteiger partial charge is 0.272 e. The minimum Gasteiger partial charge on any atom is -0.438 e. The molecule has 52 heavy (non-hydrogen) atoms. The largest absolute Gasteiger partial charge is 0.438 e. The van der Waals surface area contributed by atoms with Crippen LogP contribution >= 0.6 is 0 Å². The summed E-state index contributed by atoms with van der Waals surface area (Å²) in [6.07, 6.45) is 9.23. The van der Waals surface area contributed by atoms with Crippen molar-refractivity contribution in [2.24, 2.45) is 0 Å². The molecule has 12 heteroatoms. The first kappa shape index (κ1) is 35.2. The molecule has 1 saturated heterocycles. The van der Waals surface area contributed by atoms with Gasteiger partial charge < -0.3 is 25.6 Å². The molecular weight excluding hydrogens is 659 g/mol. The standard InChI is InChI=1S/C40H45FN8O3/c1-26-24-48(25-27(2)44-26)18-4-6-28-9-11-29(12-10-28)30-7-3-8-34(20-30)52-40-35(21-31(41)23-43-40)38(50)45-32-13-15-33(16-14-32)46-39(51)36-22-37-42-17-5-19-49(37)47-36/h3,5,7-12,17,19-23,26-27,32-33,44H,4,6,13-16,18,24-25H2,1-2H3,(H,45,50)(H,46,51). The Morgan fingerprint density at radius 2 is 1.62 bits per heavy atom. The topological polar surface area (TPSA) is 126 Å². The zero-order valence-electron chi connectivity index (χ0n) is 29.6. The highest BCUT2D eigenvalue weighted by Gasteiger charge is 2.27. The Morgan fingerprint density at radius 3 is 2.35 bits per heavy atom. The molecule has 1 saturated carbocycles. The predicted octanol–water partition coefficient (Wildman–Crippen LogP) is 5.81. The first-order chi connectivity index (χ1) is 25.3. The van der Waals surface area contributed by atoms with Crippen LogP contribution in [0.15, 0.2) is 85.3 Å². The molecule has 7 rings (SSSR count). The third-order valence-electron chi connectivity index (χ3n) is 9.84. The number of carbonyl (C=O) groups excluding carboxylic acids is 2. The SMILES string of the molecule is CC1CN(CCCc2ccc(-c3cccc(Oc4ncc(F)cc4C(=O)NC4CCC(NC(=O)c5cc6ncccn6n5)CC4)c3)cc2)CC(C)N1. The first-order valence-corrected chi connectivity index (χ1v) is 18.2. The van der Waals surface area contributed by atoms with Crippen LogP contribution in [0.3, 0.4) is 0 Å². The molecule has 3 N–H and O–H groups in total. The van der Waals surface area contributed by atoms with Crippen molar-refractivity contribution in [3.63, 3.8) is 0 Å². The summed E-state index contributed by atoms with van der Waals surface area (Å²) in [5.41, 5.74) is 4.24. The molecule has 5 aromatic rings. The number of piperazine rings is 1. The highest BCUT2D eigenvalue weighted by atomic mass is 19.1. The minimum absolute atomic E-state index is 0.0235. The average Bonchev–Trinajstić information content (AvgIpc) is 3.58. The van der Waals surface area contributed by atoms with Crippen molar-refractivity contribution in [1.29, 1.82) is 0 Å². The van der Waals surface area contributed by atoms with E-state index in [0.717, 1.165) is 55.9 Å². The van der Waals surface area contributed by atoms with Gasteiger partial charge >= 0.3 is 0 Å². The van der Waals surface area contributed by atoms with Crippen LogP contribution in [-0.4, -0.2) is 80.1 Å². The summed E-state index contributed by atoms with van der Waals surface area (Å²) < 4.78 is 22.0. The average molecular weight is 705 g/mol. The van der Waals surface area contributed by atoms with E-state index in [1.807, 2.05) is 18.2 Å². The molecule has 0 spiro atoms. The first-order valence-electron chi connectivity index (χ1n) is 18.2. The zero-order chi connectivity index (χ0) is 36.0. The van der Waals surface area contributed by atoms with Gasteiger partial charge in [-0.15, -0.1) is 0 Å². The van der Waals surface area contributed by atoms with Gasteiger partial charge in [-0.1, -0.05) is 36.4 Å². The third-order valence-corrected chi connectivity index (χ3v) is 9.84. The summed E-state index contributed by atoms with van der Waals surface area (Å²) in [6.45, 7) is 7.78. The van der Waals surface area contributed by atoms with Crippen LogP contribution in [0.2, 0.25) is 0 Å². The van der Waals surface area contributed by atoms with Crippen molar-refractivity contribution in [3.05, 3.63) is 108 Å². The molecule has 0 radical (unpaired) electrons. The lowest BCUT2D eigenvalue weighted by Gasteiger charge is -2.36. The second-order valence-corrected chi connectivity index (χ2v) is 14.1. The molecule has 2 fully saturated rings. The van der Waals surface area contributed by atoms with Gasteiger partial charge in [-0.25, -0.2) is 18.9 Å². The van der Waals surface area contributed by atoms with Crippen molar-refractivity contribution in [2.75, 3.05) is 19.6 Å². The number of halogens is 1. The highest BCUT2D eigenvalue weighted by Crippen LogP contribution is 2.29. The summed E-state index contributed by atoms with van der Waals surface area (Å²) in [5, 5.41) is 14.0. The maximum Gasteiger partial charge on any atom is 0.272 e. The van der Waals surface area contributed by atoms with Gasteiger partial charge in [-0.2, -0.15) is 5.10 Å². The minimum atomic E-state index is -0.628. The third kappa shape index (κ3) is 8.80. The summed E-state index contributed by atoms with van der Waals surface area (Å²) >= 11 is 0. The molecule has 2 atom stereocenters. The summed E-state index contributed by atoms with van der Waals surface area (Å²) in [6, 6.07) is 21.6. The summed E-state index contributed by atoms with van der Waals surface area (Å²) in [5.74, 6) is -0.821. The van der Waals surface area contributed by atoms with Crippen molar-refractivity contribution in [1.82, 2.24) is 40.4 Å². The van der Waals surface area contributed by atoms with Crippen molar-refractivity contribution >= 4 is 17.5 Å². The second kappa shape index (κ2) is 16.0. The van der Waals surface area contributed by atoms with E-state index in [-0.39, 0.29) is 29.4 Å². The van der Waals surface area contributed by atoms with E-state index in [2.05, 4.69) is 74.0 Å². The van der Waals surface area contributed by atoms with E-state index in [4.69, 9.17) is 4.74 Å². The number of ether oxygens (including phenoxy) is 1. The number of fused-ring (bicyclic) bond motifs is 1. The van der Waals surface area contributed by atoms with E-state index in [1.54, 1.807) is 35.1 Å². The summed E-state index contributed by atoms with van der Waals surface area (Å²) in [7, 11) is 0. The number of hydrogen-bond donors (Lipinski definition) is 3. The van der Waals surface area contributed by atoms with Crippen molar-refractivity contribution in [2.45, 2.75) is 76.5 Å². The van der Waals surface area contributed by atoms with Crippen LogP contribution in [0.5, 0.6) is 11.6 Å².